The second-order valence-electron chi connectivity index (χ2n) is 6.21. The van der Waals surface area contributed by atoms with Gasteiger partial charge in [0.15, 0.2) is 6.29 Å². The van der Waals surface area contributed by atoms with Gasteiger partial charge >= 0.3 is 0 Å². The normalized spacial score (nSPS) is 14.4. The highest BCUT2D eigenvalue weighted by molar-refractivity contribution is 4.57. The van der Waals surface area contributed by atoms with E-state index in [0.29, 0.717) is 6.61 Å². The summed E-state index contributed by atoms with van der Waals surface area (Å²) in [6, 6.07) is 0. The number of rotatable bonds is 15. The molecule has 0 radical (unpaired) electrons. The smallest absolute Gasteiger partial charge is 0.157 e. The standard InChI is InChI=1S/C18H38O2/c1-4-6-8-10-11-12-14-16-20-18(19)17(3)15-13-9-7-5-2/h17-19H,4-16H2,1-3H3. The summed E-state index contributed by atoms with van der Waals surface area (Å²) in [5, 5.41) is 9.92. The average Bonchev–Trinajstić information content (AvgIpc) is 2.46. The number of hydrogen-bond donors (Lipinski definition) is 1. The van der Waals surface area contributed by atoms with E-state index in [4.69, 9.17) is 4.74 Å². The van der Waals surface area contributed by atoms with Crippen LogP contribution >= 0.6 is 0 Å². The average molecular weight is 287 g/mol. The molecule has 122 valence electrons. The van der Waals surface area contributed by atoms with E-state index in [9.17, 15) is 5.11 Å². The first-order valence-electron chi connectivity index (χ1n) is 9.02. The van der Waals surface area contributed by atoms with Crippen molar-refractivity contribution in [3.63, 3.8) is 0 Å². The molecule has 0 aromatic rings. The van der Waals surface area contributed by atoms with E-state index < -0.39 is 6.29 Å². The Labute approximate surface area is 127 Å². The van der Waals surface area contributed by atoms with Gasteiger partial charge in [-0.25, -0.2) is 0 Å². The molecular formula is C18H38O2. The number of ether oxygens (including phenoxy) is 1. The fraction of sp³-hybridized carbons (Fsp3) is 1.00. The van der Waals surface area contributed by atoms with Crippen LogP contribution in [0.3, 0.4) is 0 Å². The zero-order chi connectivity index (χ0) is 15.1. The van der Waals surface area contributed by atoms with E-state index in [1.807, 2.05) is 0 Å². The lowest BCUT2D eigenvalue weighted by molar-refractivity contribution is -0.132. The van der Waals surface area contributed by atoms with Crippen molar-refractivity contribution in [3.05, 3.63) is 0 Å². The number of hydrogen-bond acceptors (Lipinski definition) is 2. The summed E-state index contributed by atoms with van der Waals surface area (Å²) >= 11 is 0. The molecule has 0 heterocycles. The van der Waals surface area contributed by atoms with E-state index in [1.165, 1.54) is 64.2 Å². The number of aliphatic hydroxyl groups excluding tert-OH is 1. The lowest BCUT2D eigenvalue weighted by Crippen LogP contribution is -2.21. The van der Waals surface area contributed by atoms with Crippen molar-refractivity contribution in [2.75, 3.05) is 6.61 Å². The second-order valence-corrected chi connectivity index (χ2v) is 6.21. The predicted molar refractivity (Wildman–Crippen MR) is 87.9 cm³/mol. The van der Waals surface area contributed by atoms with Crippen molar-refractivity contribution < 1.29 is 9.84 Å². The van der Waals surface area contributed by atoms with E-state index in [1.54, 1.807) is 0 Å². The SMILES string of the molecule is CCCCCCCCCOC(O)C(C)CCCCCC. The minimum atomic E-state index is -0.559. The van der Waals surface area contributed by atoms with Gasteiger partial charge in [-0.05, 0) is 12.8 Å². The van der Waals surface area contributed by atoms with Crippen LogP contribution in [0.5, 0.6) is 0 Å². The Bertz CT molecular complexity index is 182. The third-order valence-corrected chi connectivity index (χ3v) is 4.04. The third-order valence-electron chi connectivity index (χ3n) is 4.04. The van der Waals surface area contributed by atoms with Crippen molar-refractivity contribution >= 4 is 0 Å². The summed E-state index contributed by atoms with van der Waals surface area (Å²) < 4.78 is 5.54. The quantitative estimate of drug-likeness (QED) is 0.310. The molecule has 0 aromatic heterocycles. The molecule has 0 saturated heterocycles. The summed E-state index contributed by atoms with van der Waals surface area (Å²) in [7, 11) is 0. The third kappa shape index (κ3) is 12.9. The molecule has 0 spiro atoms. The van der Waals surface area contributed by atoms with Crippen LogP contribution in [-0.2, 0) is 4.74 Å². The van der Waals surface area contributed by atoms with Gasteiger partial charge in [-0.15, -0.1) is 0 Å². The molecule has 0 aliphatic carbocycles. The molecule has 20 heavy (non-hydrogen) atoms. The van der Waals surface area contributed by atoms with Crippen molar-refractivity contribution in [2.24, 2.45) is 5.92 Å². The largest absolute Gasteiger partial charge is 0.368 e. The zero-order valence-corrected chi connectivity index (χ0v) is 14.2. The Morgan fingerprint density at radius 2 is 1.25 bits per heavy atom. The molecule has 2 atom stereocenters. The van der Waals surface area contributed by atoms with E-state index >= 15 is 0 Å². The minimum Gasteiger partial charge on any atom is -0.368 e. The highest BCUT2D eigenvalue weighted by Crippen LogP contribution is 2.15. The van der Waals surface area contributed by atoms with Crippen LogP contribution in [-0.4, -0.2) is 18.0 Å². The topological polar surface area (TPSA) is 29.5 Å². The Hall–Kier alpha value is -0.0800. The highest BCUT2D eigenvalue weighted by atomic mass is 16.6. The maximum Gasteiger partial charge on any atom is 0.157 e. The summed E-state index contributed by atoms with van der Waals surface area (Å²) in [5.41, 5.74) is 0. The van der Waals surface area contributed by atoms with Crippen LogP contribution < -0.4 is 0 Å². The first-order valence-corrected chi connectivity index (χ1v) is 9.02. The van der Waals surface area contributed by atoms with Crippen LogP contribution in [0.4, 0.5) is 0 Å². The van der Waals surface area contributed by atoms with Crippen LogP contribution in [0.1, 0.15) is 97.8 Å². The summed E-state index contributed by atoms with van der Waals surface area (Å²) in [4.78, 5) is 0. The fourth-order valence-corrected chi connectivity index (χ4v) is 2.46. The number of unbranched alkanes of at least 4 members (excludes halogenated alkanes) is 9. The van der Waals surface area contributed by atoms with Gasteiger partial charge in [0.25, 0.3) is 0 Å². The second kappa shape index (κ2) is 15.3. The monoisotopic (exact) mass is 286 g/mol. The van der Waals surface area contributed by atoms with E-state index in [-0.39, 0.29) is 5.92 Å². The van der Waals surface area contributed by atoms with Crippen molar-refractivity contribution in [1.82, 2.24) is 0 Å². The van der Waals surface area contributed by atoms with Crippen LogP contribution in [0.2, 0.25) is 0 Å². The van der Waals surface area contributed by atoms with Gasteiger partial charge in [0.1, 0.15) is 0 Å². The Balaban J connectivity index is 3.31. The van der Waals surface area contributed by atoms with Gasteiger partial charge in [0, 0.05) is 12.5 Å². The van der Waals surface area contributed by atoms with Gasteiger partial charge in [-0.2, -0.15) is 0 Å². The molecule has 0 amide bonds. The van der Waals surface area contributed by atoms with Crippen molar-refractivity contribution in [1.29, 1.82) is 0 Å². The molecule has 1 N–H and O–H groups in total. The molecule has 0 aromatic carbocycles. The van der Waals surface area contributed by atoms with Gasteiger partial charge in [-0.1, -0.05) is 85.0 Å². The molecule has 0 rings (SSSR count). The first-order chi connectivity index (χ1) is 9.72. The van der Waals surface area contributed by atoms with Gasteiger partial charge in [0.2, 0.25) is 0 Å². The highest BCUT2D eigenvalue weighted by Gasteiger charge is 2.13. The predicted octanol–water partition coefficient (Wildman–Crippen LogP) is 5.68. The summed E-state index contributed by atoms with van der Waals surface area (Å²) in [6.45, 7) is 7.29. The zero-order valence-electron chi connectivity index (χ0n) is 14.2. The lowest BCUT2D eigenvalue weighted by atomic mass is 10.0. The molecule has 2 heteroatoms. The molecule has 2 unspecified atom stereocenters. The van der Waals surface area contributed by atoms with Gasteiger partial charge < -0.3 is 9.84 Å². The maximum absolute atomic E-state index is 9.92. The number of aliphatic hydroxyl groups is 1. The van der Waals surface area contributed by atoms with Gasteiger partial charge in [-0.3, -0.25) is 0 Å². The molecule has 0 saturated carbocycles. The Kier molecular flexibility index (Phi) is 15.3. The lowest BCUT2D eigenvalue weighted by Gasteiger charge is -2.19. The van der Waals surface area contributed by atoms with Crippen LogP contribution in [0.15, 0.2) is 0 Å². The van der Waals surface area contributed by atoms with E-state index in [2.05, 4.69) is 20.8 Å². The molecule has 0 bridgehead atoms. The molecule has 2 nitrogen and oxygen atoms in total. The van der Waals surface area contributed by atoms with Crippen molar-refractivity contribution in [2.45, 2.75) is 104 Å². The van der Waals surface area contributed by atoms with Crippen molar-refractivity contribution in [3.8, 4) is 0 Å². The Morgan fingerprint density at radius 3 is 1.85 bits per heavy atom. The molecular weight excluding hydrogens is 248 g/mol. The first kappa shape index (κ1) is 19.9. The molecule has 0 fully saturated rings. The van der Waals surface area contributed by atoms with Gasteiger partial charge in [0.05, 0.1) is 0 Å². The fourth-order valence-electron chi connectivity index (χ4n) is 2.46. The maximum atomic E-state index is 9.92. The Morgan fingerprint density at radius 1 is 0.750 bits per heavy atom. The summed E-state index contributed by atoms with van der Waals surface area (Å²) in [6.07, 6.45) is 14.6. The van der Waals surface area contributed by atoms with E-state index in [0.717, 1.165) is 12.8 Å². The molecule has 0 aliphatic heterocycles. The summed E-state index contributed by atoms with van der Waals surface area (Å²) in [5.74, 6) is 0.274. The van der Waals surface area contributed by atoms with Crippen LogP contribution in [0, 0.1) is 5.92 Å². The minimum absolute atomic E-state index is 0.274. The van der Waals surface area contributed by atoms with Crippen LogP contribution in [0.25, 0.3) is 0 Å². The molecule has 0 aliphatic rings.